The fraction of sp³-hybridized carbons (Fsp3) is 0.882. The Labute approximate surface area is 150 Å². The van der Waals surface area contributed by atoms with E-state index < -0.39 is 23.4 Å². The Kier molecular flexibility index (Phi) is 10.7. The number of hydrogen-bond acceptors (Lipinski definition) is 7. The van der Waals surface area contributed by atoms with Gasteiger partial charge in [-0.1, -0.05) is 0 Å². The summed E-state index contributed by atoms with van der Waals surface area (Å²) in [5.41, 5.74) is -1.42. The first kappa shape index (κ1) is 23.6. The number of rotatable bonds is 9. The third-order valence-electron chi connectivity index (χ3n) is 2.51. The van der Waals surface area contributed by atoms with E-state index in [0.29, 0.717) is 26.2 Å². The molecule has 0 saturated heterocycles. The van der Waals surface area contributed by atoms with Gasteiger partial charge in [0.1, 0.15) is 11.2 Å². The minimum atomic E-state index is -0.743. The van der Waals surface area contributed by atoms with E-state index in [1.807, 2.05) is 0 Å². The van der Waals surface area contributed by atoms with Crippen LogP contribution in [-0.2, 0) is 18.9 Å². The maximum absolute atomic E-state index is 12.2. The van der Waals surface area contributed by atoms with Gasteiger partial charge in [-0.05, 0) is 48.0 Å². The van der Waals surface area contributed by atoms with E-state index in [2.05, 4.69) is 0 Å². The van der Waals surface area contributed by atoms with Gasteiger partial charge >= 0.3 is 12.2 Å². The largest absolute Gasteiger partial charge is 0.443 e. The molecule has 0 atom stereocenters. The first-order valence-corrected chi connectivity index (χ1v) is 8.46. The van der Waals surface area contributed by atoms with Crippen LogP contribution < -0.4 is 0 Å². The number of imide groups is 1. The molecular weight excluding hydrogens is 330 g/mol. The third-order valence-corrected chi connectivity index (χ3v) is 2.51. The number of amides is 2. The van der Waals surface area contributed by atoms with Gasteiger partial charge in [0.05, 0.1) is 26.4 Å². The molecule has 148 valence electrons. The standard InChI is InChI=1S/C17H33NO7/c1-16(2,3)24-14(20)18(15(21)25-17(4,5)6)8-7-10-22-12-13-23-11-9-19/h19H,7-13H2,1-6H3. The highest BCUT2D eigenvalue weighted by molar-refractivity contribution is 5.88. The van der Waals surface area contributed by atoms with Gasteiger partial charge in [-0.25, -0.2) is 14.5 Å². The molecule has 0 fully saturated rings. The molecule has 0 aliphatic rings. The average Bonchev–Trinajstić information content (AvgIpc) is 2.41. The Morgan fingerprint density at radius 3 is 1.64 bits per heavy atom. The molecule has 25 heavy (non-hydrogen) atoms. The zero-order valence-electron chi connectivity index (χ0n) is 16.3. The molecule has 0 unspecified atom stereocenters. The zero-order valence-corrected chi connectivity index (χ0v) is 16.3. The molecule has 8 heteroatoms. The summed E-state index contributed by atoms with van der Waals surface area (Å²) in [5, 5.41) is 8.57. The monoisotopic (exact) mass is 363 g/mol. The second-order valence-electron chi connectivity index (χ2n) is 7.41. The van der Waals surface area contributed by atoms with Crippen molar-refractivity contribution in [2.45, 2.75) is 59.2 Å². The Hall–Kier alpha value is -1.38. The molecule has 8 nitrogen and oxygen atoms in total. The van der Waals surface area contributed by atoms with Crippen LogP contribution in [0.4, 0.5) is 9.59 Å². The molecule has 1 N–H and O–H groups in total. The van der Waals surface area contributed by atoms with E-state index in [1.165, 1.54) is 0 Å². The molecule has 0 heterocycles. The van der Waals surface area contributed by atoms with Crippen LogP contribution in [0.15, 0.2) is 0 Å². The summed E-state index contributed by atoms with van der Waals surface area (Å²) in [6.45, 7) is 11.9. The van der Waals surface area contributed by atoms with Gasteiger partial charge in [-0.15, -0.1) is 0 Å². The lowest BCUT2D eigenvalue weighted by atomic mass is 10.2. The fourth-order valence-electron chi connectivity index (χ4n) is 1.60. The summed E-state index contributed by atoms with van der Waals surface area (Å²) < 4.78 is 20.9. The Bertz CT molecular complexity index is 371. The summed E-state index contributed by atoms with van der Waals surface area (Å²) in [7, 11) is 0. The summed E-state index contributed by atoms with van der Waals surface area (Å²) in [6, 6.07) is 0. The molecule has 0 radical (unpaired) electrons. The number of aliphatic hydroxyl groups is 1. The molecule has 0 aliphatic heterocycles. The van der Waals surface area contributed by atoms with Crippen molar-refractivity contribution in [2.24, 2.45) is 0 Å². The predicted molar refractivity (Wildman–Crippen MR) is 92.5 cm³/mol. The summed E-state index contributed by atoms with van der Waals surface area (Å²) >= 11 is 0. The zero-order chi connectivity index (χ0) is 19.5. The van der Waals surface area contributed by atoms with Crippen molar-refractivity contribution in [1.82, 2.24) is 4.90 Å². The van der Waals surface area contributed by atoms with E-state index in [4.69, 9.17) is 24.1 Å². The van der Waals surface area contributed by atoms with E-state index in [1.54, 1.807) is 41.5 Å². The van der Waals surface area contributed by atoms with Crippen LogP contribution in [0.2, 0.25) is 0 Å². The van der Waals surface area contributed by atoms with Crippen molar-refractivity contribution >= 4 is 12.2 Å². The Morgan fingerprint density at radius 2 is 1.24 bits per heavy atom. The van der Waals surface area contributed by atoms with Crippen LogP contribution in [0.1, 0.15) is 48.0 Å². The van der Waals surface area contributed by atoms with Crippen molar-refractivity contribution in [3.05, 3.63) is 0 Å². The topological polar surface area (TPSA) is 94.5 Å². The van der Waals surface area contributed by atoms with Crippen molar-refractivity contribution in [1.29, 1.82) is 0 Å². The summed E-state index contributed by atoms with van der Waals surface area (Å²) in [4.78, 5) is 25.4. The van der Waals surface area contributed by atoms with E-state index in [-0.39, 0.29) is 19.8 Å². The molecule has 0 rings (SSSR count). The van der Waals surface area contributed by atoms with Crippen molar-refractivity contribution in [2.75, 3.05) is 39.6 Å². The molecule has 2 amide bonds. The van der Waals surface area contributed by atoms with Crippen LogP contribution in [0, 0.1) is 0 Å². The van der Waals surface area contributed by atoms with Crippen molar-refractivity contribution < 1.29 is 33.6 Å². The molecule has 0 aliphatic carbocycles. The molecule has 0 aromatic carbocycles. The van der Waals surface area contributed by atoms with Crippen LogP contribution in [-0.4, -0.2) is 73.0 Å². The van der Waals surface area contributed by atoms with Crippen LogP contribution in [0.3, 0.4) is 0 Å². The second kappa shape index (κ2) is 11.3. The van der Waals surface area contributed by atoms with Gasteiger partial charge < -0.3 is 24.1 Å². The molecule has 0 aromatic heterocycles. The summed E-state index contributed by atoms with van der Waals surface area (Å²) in [5.74, 6) is 0. The third kappa shape index (κ3) is 13.6. The molecule has 0 spiro atoms. The summed E-state index contributed by atoms with van der Waals surface area (Å²) in [6.07, 6.45) is -1.04. The highest BCUT2D eigenvalue weighted by Gasteiger charge is 2.30. The Balaban J connectivity index is 4.45. The SMILES string of the molecule is CC(C)(C)OC(=O)N(CCCOCCOCCO)C(=O)OC(C)(C)C. The lowest BCUT2D eigenvalue weighted by Crippen LogP contribution is -2.44. The van der Waals surface area contributed by atoms with Gasteiger partial charge in [0.15, 0.2) is 0 Å². The molecule has 0 aromatic rings. The van der Waals surface area contributed by atoms with Gasteiger partial charge in [-0.2, -0.15) is 0 Å². The minimum absolute atomic E-state index is 0.0270. The first-order valence-electron chi connectivity index (χ1n) is 8.46. The smallest absolute Gasteiger partial charge is 0.419 e. The van der Waals surface area contributed by atoms with Gasteiger partial charge in [0.2, 0.25) is 0 Å². The van der Waals surface area contributed by atoms with Gasteiger partial charge in [-0.3, -0.25) is 0 Å². The number of nitrogens with zero attached hydrogens (tertiary/aromatic N) is 1. The van der Waals surface area contributed by atoms with E-state index >= 15 is 0 Å². The number of carbonyl (C=O) groups is 2. The van der Waals surface area contributed by atoms with E-state index in [9.17, 15) is 9.59 Å². The number of hydrogen-bond donors (Lipinski definition) is 1. The maximum atomic E-state index is 12.2. The van der Waals surface area contributed by atoms with E-state index in [0.717, 1.165) is 4.90 Å². The number of carbonyl (C=O) groups excluding carboxylic acids is 2. The molecule has 0 bridgehead atoms. The van der Waals surface area contributed by atoms with Crippen LogP contribution >= 0.6 is 0 Å². The lowest BCUT2D eigenvalue weighted by molar-refractivity contribution is -0.00179. The average molecular weight is 363 g/mol. The predicted octanol–water partition coefficient (Wildman–Crippen LogP) is 2.57. The highest BCUT2D eigenvalue weighted by atomic mass is 16.6. The number of aliphatic hydroxyl groups excluding tert-OH is 1. The van der Waals surface area contributed by atoms with Gasteiger partial charge in [0, 0.05) is 13.2 Å². The van der Waals surface area contributed by atoms with Crippen LogP contribution in [0.25, 0.3) is 0 Å². The highest BCUT2D eigenvalue weighted by Crippen LogP contribution is 2.14. The number of ether oxygens (including phenoxy) is 4. The fourth-order valence-corrected chi connectivity index (χ4v) is 1.60. The van der Waals surface area contributed by atoms with Crippen molar-refractivity contribution in [3.8, 4) is 0 Å². The lowest BCUT2D eigenvalue weighted by Gasteiger charge is -2.28. The quantitative estimate of drug-likeness (QED) is 0.629. The van der Waals surface area contributed by atoms with Crippen LogP contribution in [0.5, 0.6) is 0 Å². The Morgan fingerprint density at radius 1 is 0.800 bits per heavy atom. The molecular formula is C17H33NO7. The minimum Gasteiger partial charge on any atom is -0.443 e. The molecule has 0 saturated carbocycles. The first-order chi connectivity index (χ1) is 11.5. The normalized spacial score (nSPS) is 12.0. The van der Waals surface area contributed by atoms with Gasteiger partial charge in [0.25, 0.3) is 0 Å². The maximum Gasteiger partial charge on any atom is 0.419 e. The van der Waals surface area contributed by atoms with Crippen molar-refractivity contribution in [3.63, 3.8) is 0 Å². The second-order valence-corrected chi connectivity index (χ2v) is 7.41.